The fourth-order valence-corrected chi connectivity index (χ4v) is 1.44. The molecule has 0 heterocycles. The summed E-state index contributed by atoms with van der Waals surface area (Å²) in [6.07, 6.45) is 0. The lowest BCUT2D eigenvalue weighted by Crippen LogP contribution is -1.96. The largest absolute Gasteiger partial charge is 0.398 e. The van der Waals surface area contributed by atoms with Crippen molar-refractivity contribution in [2.45, 2.75) is 6.92 Å². The zero-order chi connectivity index (χ0) is 11.5. The molecule has 0 saturated carbocycles. The van der Waals surface area contributed by atoms with Crippen LogP contribution in [0.1, 0.15) is 5.56 Å². The van der Waals surface area contributed by atoms with Crippen molar-refractivity contribution in [1.82, 2.24) is 0 Å². The van der Waals surface area contributed by atoms with E-state index in [1.165, 1.54) is 6.07 Å². The molecule has 0 aliphatic heterocycles. The summed E-state index contributed by atoms with van der Waals surface area (Å²) in [5.41, 5.74) is 8.72. The van der Waals surface area contributed by atoms with E-state index in [1.54, 1.807) is 24.3 Å². The molecular formula is C13H13FN2. The normalized spacial score (nSPS) is 10.1. The average molecular weight is 216 g/mol. The summed E-state index contributed by atoms with van der Waals surface area (Å²) in [5.74, 6) is -0.276. The van der Waals surface area contributed by atoms with Gasteiger partial charge in [0.15, 0.2) is 0 Å². The third kappa shape index (κ3) is 2.14. The molecule has 2 aromatic rings. The molecule has 0 bridgehead atoms. The topological polar surface area (TPSA) is 38.0 Å². The van der Waals surface area contributed by atoms with Crippen molar-refractivity contribution in [3.63, 3.8) is 0 Å². The van der Waals surface area contributed by atoms with Gasteiger partial charge in [0.25, 0.3) is 0 Å². The van der Waals surface area contributed by atoms with E-state index < -0.39 is 0 Å². The Morgan fingerprint density at radius 2 is 1.88 bits per heavy atom. The second-order valence-corrected chi connectivity index (χ2v) is 3.68. The van der Waals surface area contributed by atoms with Crippen LogP contribution in [-0.2, 0) is 0 Å². The highest BCUT2D eigenvalue weighted by Gasteiger charge is 2.01. The highest BCUT2D eigenvalue weighted by atomic mass is 19.1. The maximum absolute atomic E-state index is 13.4. The smallest absolute Gasteiger partial charge is 0.146 e. The second kappa shape index (κ2) is 4.23. The third-order valence-electron chi connectivity index (χ3n) is 2.43. The molecule has 0 aliphatic rings. The number of hydrogen-bond acceptors (Lipinski definition) is 2. The predicted molar refractivity (Wildman–Crippen MR) is 65.3 cm³/mol. The fourth-order valence-electron chi connectivity index (χ4n) is 1.44. The lowest BCUT2D eigenvalue weighted by atomic mass is 10.2. The third-order valence-corrected chi connectivity index (χ3v) is 2.43. The molecule has 0 aromatic heterocycles. The minimum atomic E-state index is -0.276. The summed E-state index contributed by atoms with van der Waals surface area (Å²) in [7, 11) is 0. The average Bonchev–Trinajstić information content (AvgIpc) is 2.27. The molecule has 3 heteroatoms. The van der Waals surface area contributed by atoms with Crippen molar-refractivity contribution >= 4 is 17.1 Å². The van der Waals surface area contributed by atoms with Crippen LogP contribution in [-0.4, -0.2) is 0 Å². The molecule has 0 atom stereocenters. The minimum absolute atomic E-state index is 0.276. The van der Waals surface area contributed by atoms with Gasteiger partial charge in [-0.25, -0.2) is 4.39 Å². The number of aryl methyl sites for hydroxylation is 1. The number of halogens is 1. The second-order valence-electron chi connectivity index (χ2n) is 3.68. The van der Waals surface area contributed by atoms with E-state index in [2.05, 4.69) is 5.32 Å². The number of hydrogen-bond donors (Lipinski definition) is 2. The van der Waals surface area contributed by atoms with E-state index in [-0.39, 0.29) is 5.82 Å². The van der Waals surface area contributed by atoms with Gasteiger partial charge in [-0.3, -0.25) is 0 Å². The number of nitrogen functional groups attached to an aromatic ring is 1. The maximum Gasteiger partial charge on any atom is 0.146 e. The Labute approximate surface area is 93.9 Å². The number of rotatable bonds is 2. The quantitative estimate of drug-likeness (QED) is 0.754. The molecule has 0 fully saturated rings. The van der Waals surface area contributed by atoms with E-state index in [0.29, 0.717) is 11.4 Å². The van der Waals surface area contributed by atoms with Crippen LogP contribution in [0.4, 0.5) is 21.5 Å². The van der Waals surface area contributed by atoms with E-state index in [9.17, 15) is 4.39 Å². The summed E-state index contributed by atoms with van der Waals surface area (Å²) in [4.78, 5) is 0. The van der Waals surface area contributed by atoms with Crippen LogP contribution in [0.3, 0.4) is 0 Å². The molecule has 0 unspecified atom stereocenters. The lowest BCUT2D eigenvalue weighted by Gasteiger charge is -2.09. The van der Waals surface area contributed by atoms with Crippen LogP contribution in [0.5, 0.6) is 0 Å². The number of nitrogens with two attached hydrogens (primary N) is 1. The van der Waals surface area contributed by atoms with Crippen molar-refractivity contribution in [1.29, 1.82) is 0 Å². The van der Waals surface area contributed by atoms with Gasteiger partial charge < -0.3 is 11.1 Å². The van der Waals surface area contributed by atoms with Crippen LogP contribution in [0, 0.1) is 12.7 Å². The van der Waals surface area contributed by atoms with Crippen molar-refractivity contribution in [3.05, 3.63) is 53.8 Å². The van der Waals surface area contributed by atoms with Gasteiger partial charge in [0.2, 0.25) is 0 Å². The first kappa shape index (κ1) is 10.5. The lowest BCUT2D eigenvalue weighted by molar-refractivity contribution is 0.632. The zero-order valence-electron chi connectivity index (χ0n) is 9.00. The van der Waals surface area contributed by atoms with Crippen LogP contribution in [0.2, 0.25) is 0 Å². The highest BCUT2D eigenvalue weighted by Crippen LogP contribution is 2.22. The number of nitrogens with one attached hydrogen (secondary N) is 1. The Hall–Kier alpha value is -2.03. The summed E-state index contributed by atoms with van der Waals surface area (Å²) in [5, 5.41) is 2.99. The van der Waals surface area contributed by atoms with E-state index in [1.807, 2.05) is 19.1 Å². The molecule has 2 nitrogen and oxygen atoms in total. The van der Waals surface area contributed by atoms with Crippen LogP contribution < -0.4 is 11.1 Å². The van der Waals surface area contributed by atoms with Gasteiger partial charge in [0, 0.05) is 11.4 Å². The molecular weight excluding hydrogens is 203 g/mol. The van der Waals surface area contributed by atoms with Crippen molar-refractivity contribution in [2.75, 3.05) is 11.1 Å². The maximum atomic E-state index is 13.4. The van der Waals surface area contributed by atoms with Gasteiger partial charge in [-0.1, -0.05) is 18.2 Å². The molecule has 2 rings (SSSR count). The van der Waals surface area contributed by atoms with Gasteiger partial charge in [-0.15, -0.1) is 0 Å². The van der Waals surface area contributed by atoms with Gasteiger partial charge in [-0.2, -0.15) is 0 Å². The first-order valence-electron chi connectivity index (χ1n) is 5.04. The van der Waals surface area contributed by atoms with Crippen molar-refractivity contribution in [2.24, 2.45) is 0 Å². The molecule has 3 N–H and O–H groups in total. The van der Waals surface area contributed by atoms with Gasteiger partial charge >= 0.3 is 0 Å². The Balaban J connectivity index is 2.28. The van der Waals surface area contributed by atoms with E-state index in [0.717, 1.165) is 11.3 Å². The Morgan fingerprint density at radius 1 is 1.12 bits per heavy atom. The summed E-state index contributed by atoms with van der Waals surface area (Å²) in [6, 6.07) is 12.1. The Bertz CT molecular complexity index is 509. The Morgan fingerprint density at radius 3 is 2.56 bits per heavy atom. The van der Waals surface area contributed by atoms with Crippen molar-refractivity contribution in [3.8, 4) is 0 Å². The summed E-state index contributed by atoms with van der Waals surface area (Å²) < 4.78 is 13.4. The standard InChI is InChI=1S/C13H13FN2/c1-9-6-7-10(8-12(9)15)16-13-5-3-2-4-11(13)14/h2-8,16H,15H2,1H3. The first-order chi connectivity index (χ1) is 7.66. The highest BCUT2D eigenvalue weighted by molar-refractivity contribution is 5.65. The van der Waals surface area contributed by atoms with Gasteiger partial charge in [0.1, 0.15) is 5.82 Å². The molecule has 0 saturated heterocycles. The van der Waals surface area contributed by atoms with E-state index >= 15 is 0 Å². The van der Waals surface area contributed by atoms with Crippen LogP contribution in [0.25, 0.3) is 0 Å². The van der Waals surface area contributed by atoms with E-state index in [4.69, 9.17) is 5.73 Å². The van der Waals surface area contributed by atoms with Crippen molar-refractivity contribution < 1.29 is 4.39 Å². The molecule has 82 valence electrons. The fraction of sp³-hybridized carbons (Fsp3) is 0.0769. The zero-order valence-corrected chi connectivity index (χ0v) is 9.00. The van der Waals surface area contributed by atoms with Crippen LogP contribution >= 0.6 is 0 Å². The Kier molecular flexibility index (Phi) is 2.77. The summed E-state index contributed by atoms with van der Waals surface area (Å²) in [6.45, 7) is 1.93. The molecule has 2 aromatic carbocycles. The molecule has 16 heavy (non-hydrogen) atoms. The number of benzene rings is 2. The van der Waals surface area contributed by atoms with Gasteiger partial charge in [-0.05, 0) is 36.8 Å². The molecule has 0 radical (unpaired) electrons. The number of anilines is 3. The molecule has 0 aliphatic carbocycles. The SMILES string of the molecule is Cc1ccc(Nc2ccccc2F)cc1N. The summed E-state index contributed by atoms with van der Waals surface area (Å²) >= 11 is 0. The molecule has 0 spiro atoms. The molecule has 0 amide bonds. The first-order valence-corrected chi connectivity index (χ1v) is 5.04. The number of para-hydroxylation sites is 1. The van der Waals surface area contributed by atoms with Gasteiger partial charge in [0.05, 0.1) is 5.69 Å². The predicted octanol–water partition coefficient (Wildman–Crippen LogP) is 3.46. The van der Waals surface area contributed by atoms with Crippen LogP contribution in [0.15, 0.2) is 42.5 Å². The monoisotopic (exact) mass is 216 g/mol. The minimum Gasteiger partial charge on any atom is -0.398 e.